The molecule has 1 N–H and O–H groups in total. The maximum absolute atomic E-state index is 12.1. The first-order chi connectivity index (χ1) is 13.5. The summed E-state index contributed by atoms with van der Waals surface area (Å²) < 4.78 is 11.2. The molecule has 0 spiro atoms. The molecule has 3 unspecified atom stereocenters. The number of carbonyl (C=O) groups excluding carboxylic acids is 2. The summed E-state index contributed by atoms with van der Waals surface area (Å²) in [6.45, 7) is 4.03. The van der Waals surface area contributed by atoms with Crippen LogP contribution in [-0.4, -0.2) is 18.5 Å². The number of ether oxygens (including phenoxy) is 2. The number of allylic oxidation sites excluding steroid dienone is 3. The highest BCUT2D eigenvalue weighted by Crippen LogP contribution is 2.62. The van der Waals surface area contributed by atoms with Gasteiger partial charge in [-0.15, -0.1) is 0 Å². The zero-order chi connectivity index (χ0) is 19.8. The van der Waals surface area contributed by atoms with Crippen LogP contribution in [0.3, 0.4) is 0 Å². The molecule has 6 nitrogen and oxygen atoms in total. The number of nitriles is 1. The third-order valence-corrected chi connectivity index (χ3v) is 5.76. The summed E-state index contributed by atoms with van der Waals surface area (Å²) in [4.78, 5) is 23.7. The first-order valence-electron chi connectivity index (χ1n) is 9.60. The maximum Gasteiger partial charge on any atom is 0.309 e. The summed E-state index contributed by atoms with van der Waals surface area (Å²) in [7, 11) is 0. The predicted molar refractivity (Wildman–Crippen MR) is 101 cm³/mol. The molecule has 1 fully saturated rings. The van der Waals surface area contributed by atoms with Crippen LogP contribution < -0.4 is 10.1 Å². The number of esters is 1. The molecule has 6 heteroatoms. The van der Waals surface area contributed by atoms with Crippen LogP contribution in [0.2, 0.25) is 0 Å². The Kier molecular flexibility index (Phi) is 4.68. The molecule has 4 rings (SSSR count). The minimum absolute atomic E-state index is 0.0279. The fourth-order valence-corrected chi connectivity index (χ4v) is 4.44. The molecule has 0 aromatic heterocycles. The molecule has 1 amide bonds. The van der Waals surface area contributed by atoms with Crippen LogP contribution in [0.5, 0.6) is 5.75 Å². The van der Waals surface area contributed by atoms with Crippen LogP contribution in [0.15, 0.2) is 41.3 Å². The van der Waals surface area contributed by atoms with Gasteiger partial charge in [0.1, 0.15) is 11.5 Å². The molecule has 28 heavy (non-hydrogen) atoms. The lowest BCUT2D eigenvalue weighted by molar-refractivity contribution is -0.145. The zero-order valence-corrected chi connectivity index (χ0v) is 16.0. The topological polar surface area (TPSA) is 88.4 Å². The van der Waals surface area contributed by atoms with Gasteiger partial charge < -0.3 is 14.8 Å². The van der Waals surface area contributed by atoms with Gasteiger partial charge in [-0.1, -0.05) is 6.07 Å². The number of nitrogens with zero attached hydrogens (tertiary/aromatic N) is 1. The van der Waals surface area contributed by atoms with Crippen molar-refractivity contribution in [2.75, 3.05) is 6.61 Å². The van der Waals surface area contributed by atoms with Gasteiger partial charge in [0.15, 0.2) is 0 Å². The van der Waals surface area contributed by atoms with Crippen molar-refractivity contribution < 1.29 is 19.1 Å². The van der Waals surface area contributed by atoms with Crippen LogP contribution >= 0.6 is 0 Å². The summed E-state index contributed by atoms with van der Waals surface area (Å²) >= 11 is 0. The molecule has 1 aromatic rings. The van der Waals surface area contributed by atoms with Crippen LogP contribution in [0.1, 0.15) is 43.7 Å². The van der Waals surface area contributed by atoms with Gasteiger partial charge in [0.05, 0.1) is 24.7 Å². The largest absolute Gasteiger partial charge is 0.466 e. The van der Waals surface area contributed by atoms with Gasteiger partial charge in [-0.25, -0.2) is 0 Å². The molecule has 0 radical (unpaired) electrons. The second-order valence-corrected chi connectivity index (χ2v) is 7.42. The van der Waals surface area contributed by atoms with Gasteiger partial charge in [-0.05, 0) is 55.9 Å². The van der Waals surface area contributed by atoms with Gasteiger partial charge in [-0.3, -0.25) is 9.59 Å². The lowest BCUT2D eigenvalue weighted by Crippen LogP contribution is -2.27. The van der Waals surface area contributed by atoms with E-state index in [1.165, 1.54) is 11.6 Å². The number of rotatable bonds is 5. The minimum Gasteiger partial charge on any atom is -0.466 e. The van der Waals surface area contributed by atoms with Gasteiger partial charge in [0, 0.05) is 23.6 Å². The number of carbonyl (C=O) groups is 2. The number of fused-ring (bicyclic) bond motifs is 3. The highest BCUT2D eigenvalue weighted by Gasteiger charge is 2.60. The number of benzene rings is 1. The van der Waals surface area contributed by atoms with E-state index in [1.54, 1.807) is 0 Å². The van der Waals surface area contributed by atoms with Gasteiger partial charge in [-0.2, -0.15) is 5.26 Å². The van der Waals surface area contributed by atoms with Crippen LogP contribution in [0.25, 0.3) is 0 Å². The van der Waals surface area contributed by atoms with Crippen molar-refractivity contribution in [3.63, 3.8) is 0 Å². The van der Waals surface area contributed by atoms with E-state index in [1.807, 2.05) is 38.1 Å². The number of amides is 1. The van der Waals surface area contributed by atoms with E-state index < -0.39 is 0 Å². The van der Waals surface area contributed by atoms with Crippen molar-refractivity contribution >= 4 is 11.9 Å². The number of hydrogen-bond acceptors (Lipinski definition) is 5. The molecule has 3 atom stereocenters. The van der Waals surface area contributed by atoms with E-state index >= 15 is 0 Å². The average molecular weight is 378 g/mol. The quantitative estimate of drug-likeness (QED) is 0.483. The molecule has 3 aliphatic rings. The smallest absolute Gasteiger partial charge is 0.309 e. The van der Waals surface area contributed by atoms with Crippen molar-refractivity contribution in [1.82, 2.24) is 5.32 Å². The lowest BCUT2D eigenvalue weighted by atomic mass is 10.0. The fraction of sp³-hybridized carbons (Fsp3) is 0.409. The Hall–Kier alpha value is -3.07. The van der Waals surface area contributed by atoms with Crippen LogP contribution in [0.4, 0.5) is 0 Å². The Morgan fingerprint density at radius 1 is 1.39 bits per heavy atom. The third kappa shape index (κ3) is 3.18. The summed E-state index contributed by atoms with van der Waals surface area (Å²) in [5.41, 5.74) is 3.92. The van der Waals surface area contributed by atoms with E-state index in [0.29, 0.717) is 42.6 Å². The summed E-state index contributed by atoms with van der Waals surface area (Å²) in [5, 5.41) is 12.0. The molecule has 144 valence electrons. The summed E-state index contributed by atoms with van der Waals surface area (Å²) in [6, 6.07) is 7.93. The Labute approximate surface area is 163 Å². The monoisotopic (exact) mass is 378 g/mol. The lowest BCUT2D eigenvalue weighted by Gasteiger charge is -2.21. The fourth-order valence-electron chi connectivity index (χ4n) is 4.44. The molecular formula is C22H22N2O4. The SMILES string of the molecule is CCOC(=O)C1C2Cc3ccc(O/C(=C/C#N)C4=C(C)NC(=O)CC4)cc3C21. The van der Waals surface area contributed by atoms with Crippen molar-refractivity contribution in [2.45, 2.75) is 39.0 Å². The van der Waals surface area contributed by atoms with E-state index in [2.05, 4.69) is 5.32 Å². The number of hydrogen-bond donors (Lipinski definition) is 1. The van der Waals surface area contributed by atoms with E-state index in [0.717, 1.165) is 17.6 Å². The van der Waals surface area contributed by atoms with E-state index in [9.17, 15) is 9.59 Å². The summed E-state index contributed by atoms with van der Waals surface area (Å²) in [5.74, 6) is 1.43. The second-order valence-electron chi connectivity index (χ2n) is 7.42. The standard InChI is InChI=1S/C22H22N2O4/c1-3-27-22(26)21-17-10-13-4-5-14(11-16(13)20(17)21)28-18(8-9-23)15-6-7-19(25)24-12(15)2/h4-5,8,11,17,20-21H,3,6-7,10H2,1-2H3,(H,24,25)/b18-8+. The van der Waals surface area contributed by atoms with Crippen LogP contribution in [0, 0.1) is 23.2 Å². The second kappa shape index (κ2) is 7.16. The molecule has 1 saturated carbocycles. The molecule has 1 aliphatic heterocycles. The highest BCUT2D eigenvalue weighted by molar-refractivity contribution is 5.80. The first kappa shape index (κ1) is 18.3. The molecule has 2 aliphatic carbocycles. The van der Waals surface area contributed by atoms with Crippen LogP contribution in [-0.2, 0) is 20.7 Å². The van der Waals surface area contributed by atoms with Crippen molar-refractivity contribution in [1.29, 1.82) is 5.26 Å². The van der Waals surface area contributed by atoms with Gasteiger partial charge in [0.25, 0.3) is 0 Å². The van der Waals surface area contributed by atoms with E-state index in [4.69, 9.17) is 14.7 Å². The Bertz CT molecular complexity index is 954. The normalized spacial score (nSPS) is 25.4. The third-order valence-electron chi connectivity index (χ3n) is 5.76. The maximum atomic E-state index is 12.1. The van der Waals surface area contributed by atoms with E-state index in [-0.39, 0.29) is 23.7 Å². The predicted octanol–water partition coefficient (Wildman–Crippen LogP) is 3.11. The summed E-state index contributed by atoms with van der Waals surface area (Å²) in [6.07, 6.45) is 3.16. The molecule has 0 bridgehead atoms. The van der Waals surface area contributed by atoms with Crippen molar-refractivity contribution in [2.24, 2.45) is 11.8 Å². The average Bonchev–Trinajstić information content (AvgIpc) is 3.25. The van der Waals surface area contributed by atoms with Crippen molar-refractivity contribution in [3.8, 4) is 11.8 Å². The van der Waals surface area contributed by atoms with Crippen molar-refractivity contribution in [3.05, 3.63) is 52.4 Å². The minimum atomic E-state index is -0.113. The van der Waals surface area contributed by atoms with Gasteiger partial charge in [0.2, 0.25) is 5.91 Å². The molecular weight excluding hydrogens is 356 g/mol. The Balaban J connectivity index is 1.56. The highest BCUT2D eigenvalue weighted by atomic mass is 16.5. The molecule has 1 heterocycles. The zero-order valence-electron chi connectivity index (χ0n) is 16.0. The van der Waals surface area contributed by atoms with Gasteiger partial charge >= 0.3 is 5.97 Å². The molecule has 1 aromatic carbocycles. The number of nitrogens with one attached hydrogen (secondary N) is 1. The Morgan fingerprint density at radius 2 is 2.21 bits per heavy atom. The first-order valence-corrected chi connectivity index (χ1v) is 9.60. The Morgan fingerprint density at radius 3 is 2.93 bits per heavy atom. The molecule has 0 saturated heterocycles.